The van der Waals surface area contributed by atoms with Crippen LogP contribution in [0, 0.1) is 5.82 Å². The van der Waals surface area contributed by atoms with Crippen LogP contribution in [0.25, 0.3) is 22.2 Å². The van der Waals surface area contributed by atoms with Gasteiger partial charge in [0.25, 0.3) is 11.8 Å². The van der Waals surface area contributed by atoms with E-state index in [0.29, 0.717) is 27.9 Å². The molecule has 0 saturated carbocycles. The zero-order valence-corrected chi connectivity index (χ0v) is 22.4. The van der Waals surface area contributed by atoms with Gasteiger partial charge in [-0.05, 0) is 42.5 Å². The standard InChI is InChI=1S/C27H22F4N4O5S/c1-27(30,31)22-6-4-17(26(35-22)39-2)19-5-3-14-12-32-16(11-20(14)34-19)13-33-25(36)15-9-18(28)24-21(10-15)41(37,38)23(29)7-8-40-24/h3-6,9-12,23H,7-8,13H2,1-2H3,(H,33,36)/t23-/m1/s1. The van der Waals surface area contributed by atoms with Gasteiger partial charge in [0, 0.05) is 30.5 Å². The van der Waals surface area contributed by atoms with Crippen molar-refractivity contribution >= 4 is 26.6 Å². The Bertz CT molecular complexity index is 1780. The number of ether oxygens (including phenoxy) is 2. The van der Waals surface area contributed by atoms with Crippen LogP contribution in [0.3, 0.4) is 0 Å². The number of nitrogens with one attached hydrogen (secondary N) is 1. The number of sulfone groups is 1. The van der Waals surface area contributed by atoms with Gasteiger partial charge in [-0.1, -0.05) is 0 Å². The molecule has 0 fully saturated rings. The summed E-state index contributed by atoms with van der Waals surface area (Å²) < 4.78 is 91.5. The highest BCUT2D eigenvalue weighted by atomic mass is 32.2. The van der Waals surface area contributed by atoms with Crippen molar-refractivity contribution < 1.29 is 40.2 Å². The maximum atomic E-state index is 14.6. The fourth-order valence-corrected chi connectivity index (χ4v) is 5.60. The highest BCUT2D eigenvalue weighted by Crippen LogP contribution is 2.36. The number of amides is 1. The molecule has 1 aliphatic heterocycles. The van der Waals surface area contributed by atoms with Gasteiger partial charge in [0.05, 0.1) is 42.7 Å². The van der Waals surface area contributed by atoms with Crippen LogP contribution in [0.2, 0.25) is 0 Å². The average Bonchev–Trinajstić information content (AvgIpc) is 3.05. The lowest BCUT2D eigenvalue weighted by Gasteiger charge is -2.13. The van der Waals surface area contributed by atoms with E-state index >= 15 is 0 Å². The number of fused-ring (bicyclic) bond motifs is 2. The number of methoxy groups -OCH3 is 1. The number of hydrogen-bond donors (Lipinski definition) is 1. The molecule has 4 heterocycles. The van der Waals surface area contributed by atoms with Crippen molar-refractivity contribution in [1.82, 2.24) is 20.3 Å². The van der Waals surface area contributed by atoms with E-state index in [-0.39, 0.29) is 24.6 Å². The molecule has 1 atom stereocenters. The van der Waals surface area contributed by atoms with Gasteiger partial charge in [-0.15, -0.1) is 0 Å². The van der Waals surface area contributed by atoms with Gasteiger partial charge >= 0.3 is 0 Å². The molecule has 41 heavy (non-hydrogen) atoms. The molecule has 0 radical (unpaired) electrons. The van der Waals surface area contributed by atoms with Gasteiger partial charge < -0.3 is 14.8 Å². The fraction of sp³-hybridized carbons (Fsp3) is 0.259. The Morgan fingerprint density at radius 1 is 1.17 bits per heavy atom. The topological polar surface area (TPSA) is 120 Å². The first kappa shape index (κ1) is 28.2. The molecule has 1 N–H and O–H groups in total. The highest BCUT2D eigenvalue weighted by Gasteiger charge is 2.35. The van der Waals surface area contributed by atoms with E-state index in [0.717, 1.165) is 19.1 Å². The summed E-state index contributed by atoms with van der Waals surface area (Å²) in [5, 5.41) is 3.17. The van der Waals surface area contributed by atoms with Gasteiger partial charge in [0.1, 0.15) is 10.6 Å². The predicted molar refractivity (Wildman–Crippen MR) is 139 cm³/mol. The minimum atomic E-state index is -4.55. The molecular formula is C27H22F4N4O5S. The van der Waals surface area contributed by atoms with Crippen molar-refractivity contribution in [3.05, 3.63) is 71.4 Å². The Balaban J connectivity index is 1.39. The Hall–Kier alpha value is -4.33. The number of halogens is 4. The third-order valence-electron chi connectivity index (χ3n) is 6.35. The van der Waals surface area contributed by atoms with Gasteiger partial charge in [-0.25, -0.2) is 27.2 Å². The van der Waals surface area contributed by atoms with Gasteiger partial charge in [0.2, 0.25) is 21.2 Å². The highest BCUT2D eigenvalue weighted by molar-refractivity contribution is 7.92. The van der Waals surface area contributed by atoms with Crippen molar-refractivity contribution in [3.63, 3.8) is 0 Å². The van der Waals surface area contributed by atoms with Crippen molar-refractivity contribution in [2.24, 2.45) is 0 Å². The molecule has 0 unspecified atom stereocenters. The number of alkyl halides is 3. The quantitative estimate of drug-likeness (QED) is 0.320. The molecule has 0 bridgehead atoms. The molecule has 0 spiro atoms. The van der Waals surface area contributed by atoms with Crippen LogP contribution in [0.4, 0.5) is 17.6 Å². The van der Waals surface area contributed by atoms with Crippen molar-refractivity contribution in [2.45, 2.75) is 36.2 Å². The van der Waals surface area contributed by atoms with Crippen LogP contribution in [0.1, 0.15) is 35.1 Å². The third-order valence-corrected chi connectivity index (χ3v) is 8.17. The number of nitrogens with zero attached hydrogens (tertiary/aromatic N) is 3. The largest absolute Gasteiger partial charge is 0.489 e. The van der Waals surface area contributed by atoms with E-state index in [9.17, 15) is 30.8 Å². The minimum absolute atomic E-state index is 0.0306. The van der Waals surface area contributed by atoms with Crippen LogP contribution in [0.15, 0.2) is 53.6 Å². The summed E-state index contributed by atoms with van der Waals surface area (Å²) in [5.41, 5.74) is -1.49. The second kappa shape index (κ2) is 10.6. The lowest BCUT2D eigenvalue weighted by molar-refractivity contribution is 0.0123. The summed E-state index contributed by atoms with van der Waals surface area (Å²) in [6, 6.07) is 9.26. The van der Waals surface area contributed by atoms with Crippen LogP contribution in [-0.4, -0.2) is 48.5 Å². The van der Waals surface area contributed by atoms with E-state index in [4.69, 9.17) is 9.47 Å². The minimum Gasteiger partial charge on any atom is -0.489 e. The number of hydrogen-bond acceptors (Lipinski definition) is 8. The maximum absolute atomic E-state index is 14.6. The number of rotatable bonds is 6. The van der Waals surface area contributed by atoms with E-state index in [1.807, 2.05) is 0 Å². The number of carbonyl (C=O) groups excluding carboxylic acids is 1. The molecule has 4 aromatic rings. The van der Waals surface area contributed by atoms with E-state index < -0.39 is 55.7 Å². The average molecular weight is 591 g/mol. The molecule has 9 nitrogen and oxygen atoms in total. The molecule has 3 aromatic heterocycles. The van der Waals surface area contributed by atoms with Crippen LogP contribution in [-0.2, 0) is 22.3 Å². The first-order chi connectivity index (χ1) is 19.4. The summed E-state index contributed by atoms with van der Waals surface area (Å²) >= 11 is 0. The lowest BCUT2D eigenvalue weighted by Crippen LogP contribution is -2.24. The molecule has 1 aliphatic rings. The molecule has 214 valence electrons. The Kier molecular flexibility index (Phi) is 7.28. The Morgan fingerprint density at radius 3 is 2.68 bits per heavy atom. The summed E-state index contributed by atoms with van der Waals surface area (Å²) in [6.45, 7) is 0.261. The molecule has 0 aliphatic carbocycles. The van der Waals surface area contributed by atoms with E-state index in [2.05, 4.69) is 20.3 Å². The van der Waals surface area contributed by atoms with E-state index in [1.165, 1.54) is 25.4 Å². The smallest absolute Gasteiger partial charge is 0.287 e. The van der Waals surface area contributed by atoms with Crippen LogP contribution >= 0.6 is 0 Å². The van der Waals surface area contributed by atoms with Crippen molar-refractivity contribution in [1.29, 1.82) is 0 Å². The second-order valence-corrected chi connectivity index (χ2v) is 11.3. The van der Waals surface area contributed by atoms with Crippen LogP contribution < -0.4 is 14.8 Å². The number of aromatic nitrogens is 3. The molecular weight excluding hydrogens is 568 g/mol. The number of carbonyl (C=O) groups is 1. The zero-order chi connectivity index (χ0) is 29.5. The van der Waals surface area contributed by atoms with Crippen LogP contribution in [0.5, 0.6) is 11.6 Å². The summed E-state index contributed by atoms with van der Waals surface area (Å²) in [6.07, 6.45) is 1.04. The molecule has 14 heteroatoms. The normalized spacial score (nSPS) is 16.4. The third kappa shape index (κ3) is 5.51. The molecule has 1 amide bonds. The zero-order valence-electron chi connectivity index (χ0n) is 21.6. The number of benzene rings is 1. The van der Waals surface area contributed by atoms with Gasteiger partial charge in [-0.2, -0.15) is 8.78 Å². The molecule has 0 saturated heterocycles. The Labute approximate surface area is 231 Å². The fourth-order valence-electron chi connectivity index (χ4n) is 4.21. The summed E-state index contributed by atoms with van der Waals surface area (Å²) in [5.74, 6) is -5.74. The SMILES string of the molecule is COc1nc(C(C)(F)F)ccc1-c1ccc2cnc(CNC(=O)c3cc(F)c4c(c3)S(=O)(=O)[C@@H](F)CCO4)cc2n1. The van der Waals surface area contributed by atoms with Crippen molar-refractivity contribution in [2.75, 3.05) is 13.7 Å². The van der Waals surface area contributed by atoms with Crippen molar-refractivity contribution in [3.8, 4) is 22.9 Å². The van der Waals surface area contributed by atoms with Gasteiger partial charge in [-0.3, -0.25) is 9.78 Å². The first-order valence-corrected chi connectivity index (χ1v) is 13.7. The summed E-state index contributed by atoms with van der Waals surface area (Å²) in [4.78, 5) is 24.8. The van der Waals surface area contributed by atoms with E-state index in [1.54, 1.807) is 18.2 Å². The molecule has 1 aromatic carbocycles. The maximum Gasteiger partial charge on any atom is 0.287 e. The first-order valence-electron chi connectivity index (χ1n) is 12.2. The monoisotopic (exact) mass is 590 g/mol. The summed E-state index contributed by atoms with van der Waals surface area (Å²) in [7, 11) is -3.24. The number of pyridine rings is 3. The lowest BCUT2D eigenvalue weighted by atomic mass is 10.1. The second-order valence-electron chi connectivity index (χ2n) is 9.27. The Morgan fingerprint density at radius 2 is 1.95 bits per heavy atom. The molecule has 5 rings (SSSR count). The predicted octanol–water partition coefficient (Wildman–Crippen LogP) is 4.73. The van der Waals surface area contributed by atoms with Gasteiger partial charge in [0.15, 0.2) is 11.6 Å².